The minimum absolute atomic E-state index is 0.209. The number of nitrogens with two attached hydrogens (primary N) is 1. The molecule has 96 valence electrons. The lowest BCUT2D eigenvalue weighted by atomic mass is 10.1. The topological polar surface area (TPSA) is 51.8 Å². The first-order valence-corrected chi connectivity index (χ1v) is 7.47. The molecular weight excluding hydrogens is 230 g/mol. The van der Waals surface area contributed by atoms with Crippen molar-refractivity contribution >= 4 is 11.8 Å². The van der Waals surface area contributed by atoms with Gasteiger partial charge in [-0.15, -0.1) is 0 Å². The third-order valence-corrected chi connectivity index (χ3v) is 3.69. The van der Waals surface area contributed by atoms with Gasteiger partial charge in [-0.2, -0.15) is 11.8 Å². The molecule has 1 unspecified atom stereocenters. The fourth-order valence-corrected chi connectivity index (χ4v) is 2.33. The van der Waals surface area contributed by atoms with Crippen LogP contribution in [0.25, 0.3) is 0 Å². The van der Waals surface area contributed by atoms with Crippen molar-refractivity contribution in [2.75, 3.05) is 5.75 Å². The molecule has 0 fully saturated rings. The van der Waals surface area contributed by atoms with E-state index in [0.717, 1.165) is 35.8 Å². The molecule has 2 N–H and O–H groups in total. The van der Waals surface area contributed by atoms with E-state index >= 15 is 0 Å². The highest BCUT2D eigenvalue weighted by Gasteiger charge is 2.06. The average Bonchev–Trinajstić information content (AvgIpc) is 2.28. The van der Waals surface area contributed by atoms with Crippen molar-refractivity contribution in [1.82, 2.24) is 9.97 Å². The second-order valence-corrected chi connectivity index (χ2v) is 5.45. The maximum Gasteiger partial charge on any atom is 0.138 e. The number of aryl methyl sites for hydroxylation is 1. The highest BCUT2D eigenvalue weighted by atomic mass is 32.2. The van der Waals surface area contributed by atoms with Crippen LogP contribution < -0.4 is 5.73 Å². The number of thioether (sulfide) groups is 1. The van der Waals surface area contributed by atoms with Crippen molar-refractivity contribution in [2.45, 2.75) is 51.8 Å². The molecule has 1 heterocycles. The van der Waals surface area contributed by atoms with E-state index in [1.54, 1.807) is 0 Å². The highest BCUT2D eigenvalue weighted by molar-refractivity contribution is 7.98. The molecule has 4 heteroatoms. The molecule has 0 aliphatic carbocycles. The summed E-state index contributed by atoms with van der Waals surface area (Å²) in [6, 6.07) is 2.25. The van der Waals surface area contributed by atoms with Gasteiger partial charge in [-0.1, -0.05) is 13.8 Å². The van der Waals surface area contributed by atoms with Gasteiger partial charge < -0.3 is 5.73 Å². The van der Waals surface area contributed by atoms with Crippen LogP contribution in [0.5, 0.6) is 0 Å². The molecule has 0 spiro atoms. The van der Waals surface area contributed by atoms with Crippen LogP contribution in [0.4, 0.5) is 0 Å². The normalized spacial score (nSPS) is 12.7. The largest absolute Gasteiger partial charge is 0.327 e. The Bertz CT molecular complexity index is 341. The second-order valence-electron chi connectivity index (χ2n) is 4.34. The zero-order chi connectivity index (χ0) is 12.7. The summed E-state index contributed by atoms with van der Waals surface area (Å²) in [5, 5.41) is 0. The first-order chi connectivity index (χ1) is 8.15. The molecule has 0 aliphatic rings. The van der Waals surface area contributed by atoms with E-state index in [4.69, 9.17) is 5.73 Å². The molecule has 17 heavy (non-hydrogen) atoms. The van der Waals surface area contributed by atoms with E-state index < -0.39 is 0 Å². The first kappa shape index (κ1) is 14.5. The van der Waals surface area contributed by atoms with Crippen LogP contribution in [0.15, 0.2) is 6.07 Å². The van der Waals surface area contributed by atoms with Gasteiger partial charge in [0.2, 0.25) is 0 Å². The van der Waals surface area contributed by atoms with Crippen molar-refractivity contribution < 1.29 is 0 Å². The summed E-state index contributed by atoms with van der Waals surface area (Å²) < 4.78 is 0. The molecule has 0 amide bonds. The Morgan fingerprint density at radius 1 is 1.35 bits per heavy atom. The SMILES string of the molecule is CCCSCc1nc(C)cc(CC(N)CC)n1. The number of hydrogen-bond acceptors (Lipinski definition) is 4. The third kappa shape index (κ3) is 5.50. The number of aromatic nitrogens is 2. The van der Waals surface area contributed by atoms with Gasteiger partial charge in [-0.05, 0) is 31.6 Å². The smallest absolute Gasteiger partial charge is 0.138 e. The summed E-state index contributed by atoms with van der Waals surface area (Å²) in [5.74, 6) is 3.02. The van der Waals surface area contributed by atoms with Crippen molar-refractivity contribution in [3.05, 3.63) is 23.3 Å². The van der Waals surface area contributed by atoms with E-state index in [-0.39, 0.29) is 6.04 Å². The number of hydrogen-bond donors (Lipinski definition) is 1. The van der Waals surface area contributed by atoms with E-state index in [0.29, 0.717) is 0 Å². The van der Waals surface area contributed by atoms with Crippen LogP contribution in [-0.2, 0) is 12.2 Å². The van der Waals surface area contributed by atoms with Crippen LogP contribution in [0, 0.1) is 6.92 Å². The van der Waals surface area contributed by atoms with E-state index in [2.05, 4.69) is 23.8 Å². The van der Waals surface area contributed by atoms with Crippen molar-refractivity contribution in [3.63, 3.8) is 0 Å². The van der Waals surface area contributed by atoms with E-state index in [1.165, 1.54) is 12.2 Å². The predicted molar refractivity (Wildman–Crippen MR) is 75.2 cm³/mol. The Kier molecular flexibility index (Phi) is 6.52. The Morgan fingerprint density at radius 3 is 2.76 bits per heavy atom. The van der Waals surface area contributed by atoms with Gasteiger partial charge in [0.05, 0.1) is 5.75 Å². The van der Waals surface area contributed by atoms with E-state index in [1.807, 2.05) is 24.8 Å². The Balaban J connectivity index is 2.65. The molecule has 0 radical (unpaired) electrons. The minimum Gasteiger partial charge on any atom is -0.327 e. The summed E-state index contributed by atoms with van der Waals surface area (Å²) in [4.78, 5) is 9.05. The predicted octanol–water partition coefficient (Wildman–Crippen LogP) is 2.71. The second kappa shape index (κ2) is 7.67. The van der Waals surface area contributed by atoms with Gasteiger partial charge in [-0.25, -0.2) is 9.97 Å². The summed E-state index contributed by atoms with van der Waals surface area (Å²) in [5.41, 5.74) is 8.09. The monoisotopic (exact) mass is 253 g/mol. The average molecular weight is 253 g/mol. The van der Waals surface area contributed by atoms with Crippen molar-refractivity contribution in [3.8, 4) is 0 Å². The van der Waals surface area contributed by atoms with Crippen molar-refractivity contribution in [1.29, 1.82) is 0 Å². The molecule has 1 aromatic heterocycles. The molecule has 1 atom stereocenters. The third-order valence-electron chi connectivity index (χ3n) is 2.53. The van der Waals surface area contributed by atoms with Gasteiger partial charge in [-0.3, -0.25) is 0 Å². The molecule has 0 saturated carbocycles. The lowest BCUT2D eigenvalue weighted by Crippen LogP contribution is -2.22. The van der Waals surface area contributed by atoms with Gasteiger partial charge in [0.25, 0.3) is 0 Å². The minimum atomic E-state index is 0.209. The van der Waals surface area contributed by atoms with Crippen LogP contribution in [-0.4, -0.2) is 21.8 Å². The summed E-state index contributed by atoms with van der Waals surface area (Å²) in [6.07, 6.45) is 3.04. The van der Waals surface area contributed by atoms with Crippen LogP contribution >= 0.6 is 11.8 Å². The molecule has 0 aromatic carbocycles. The maximum absolute atomic E-state index is 5.96. The lowest BCUT2D eigenvalue weighted by molar-refractivity contribution is 0.633. The maximum atomic E-state index is 5.96. The summed E-state index contributed by atoms with van der Waals surface area (Å²) >= 11 is 1.89. The Labute approximate surface area is 109 Å². The highest BCUT2D eigenvalue weighted by Crippen LogP contribution is 2.12. The molecule has 0 saturated heterocycles. The van der Waals surface area contributed by atoms with Crippen molar-refractivity contribution in [2.24, 2.45) is 5.73 Å². The standard InChI is InChI=1S/C13H23N3S/c1-4-6-17-9-13-15-10(3)7-12(16-13)8-11(14)5-2/h7,11H,4-6,8-9,14H2,1-3H3. The van der Waals surface area contributed by atoms with E-state index in [9.17, 15) is 0 Å². The Hall–Kier alpha value is -0.610. The van der Waals surface area contributed by atoms with Crippen LogP contribution in [0.2, 0.25) is 0 Å². The van der Waals surface area contributed by atoms with Crippen LogP contribution in [0.3, 0.4) is 0 Å². The molecular formula is C13H23N3S. The zero-order valence-corrected chi connectivity index (χ0v) is 11.9. The van der Waals surface area contributed by atoms with Gasteiger partial charge in [0.1, 0.15) is 5.82 Å². The fraction of sp³-hybridized carbons (Fsp3) is 0.692. The number of nitrogens with zero attached hydrogens (tertiary/aromatic N) is 2. The van der Waals surface area contributed by atoms with Gasteiger partial charge >= 0.3 is 0 Å². The molecule has 1 rings (SSSR count). The molecule has 0 bridgehead atoms. The summed E-state index contributed by atoms with van der Waals surface area (Å²) in [6.45, 7) is 6.32. The molecule has 3 nitrogen and oxygen atoms in total. The quantitative estimate of drug-likeness (QED) is 0.759. The molecule has 0 aliphatic heterocycles. The zero-order valence-electron chi connectivity index (χ0n) is 11.1. The van der Waals surface area contributed by atoms with Gasteiger partial charge in [0, 0.05) is 23.9 Å². The first-order valence-electron chi connectivity index (χ1n) is 6.32. The lowest BCUT2D eigenvalue weighted by Gasteiger charge is -2.10. The fourth-order valence-electron chi connectivity index (χ4n) is 1.59. The summed E-state index contributed by atoms with van der Waals surface area (Å²) in [7, 11) is 0. The Morgan fingerprint density at radius 2 is 2.12 bits per heavy atom. The van der Waals surface area contributed by atoms with Crippen LogP contribution in [0.1, 0.15) is 43.9 Å². The van der Waals surface area contributed by atoms with Gasteiger partial charge in [0.15, 0.2) is 0 Å². The molecule has 1 aromatic rings. The number of rotatable bonds is 7.